The maximum atomic E-state index is 13.7. The highest BCUT2D eigenvalue weighted by molar-refractivity contribution is 5.99. The van der Waals surface area contributed by atoms with Crippen LogP contribution in [0.3, 0.4) is 0 Å². The lowest BCUT2D eigenvalue weighted by atomic mass is 10.1. The highest BCUT2D eigenvalue weighted by atomic mass is 19.1. The largest absolute Gasteiger partial charge is 0.494 e. The Morgan fingerprint density at radius 3 is 2.64 bits per heavy atom. The lowest BCUT2D eigenvalue weighted by molar-refractivity contribution is -0.117. The number of hydrogen-bond acceptors (Lipinski definition) is 3. The van der Waals surface area contributed by atoms with Crippen LogP contribution in [0.15, 0.2) is 48.5 Å². The van der Waals surface area contributed by atoms with Crippen LogP contribution in [-0.4, -0.2) is 31.0 Å². The molecule has 6 heteroatoms. The molecule has 2 aromatic rings. The number of nitrogens with zero attached hydrogens (tertiary/aromatic N) is 1. The summed E-state index contributed by atoms with van der Waals surface area (Å²) in [6, 6.07) is 12.7. The molecule has 0 aliphatic carbocycles. The van der Waals surface area contributed by atoms with E-state index in [-0.39, 0.29) is 23.9 Å². The third kappa shape index (κ3) is 3.79. The second kappa shape index (κ2) is 7.34. The van der Waals surface area contributed by atoms with Gasteiger partial charge in [0.15, 0.2) is 0 Å². The Labute approximate surface area is 145 Å². The maximum absolute atomic E-state index is 13.7. The molecule has 3 rings (SSSR count). The van der Waals surface area contributed by atoms with Gasteiger partial charge in [-0.1, -0.05) is 12.1 Å². The van der Waals surface area contributed by atoms with Crippen LogP contribution in [-0.2, 0) is 4.79 Å². The number of carbonyl (C=O) groups is 2. The molecule has 130 valence electrons. The van der Waals surface area contributed by atoms with Crippen molar-refractivity contribution in [1.82, 2.24) is 5.32 Å². The van der Waals surface area contributed by atoms with Crippen molar-refractivity contribution in [1.29, 1.82) is 0 Å². The minimum atomic E-state index is -0.576. The van der Waals surface area contributed by atoms with Crippen molar-refractivity contribution in [2.75, 3.05) is 18.1 Å². The van der Waals surface area contributed by atoms with Crippen LogP contribution >= 0.6 is 0 Å². The molecule has 1 aliphatic rings. The number of amides is 2. The van der Waals surface area contributed by atoms with Gasteiger partial charge in [-0.05, 0) is 43.3 Å². The summed E-state index contributed by atoms with van der Waals surface area (Å²) in [5, 5.41) is 2.73. The minimum absolute atomic E-state index is 0.0190. The fraction of sp³-hybridized carbons (Fsp3) is 0.263. The van der Waals surface area contributed by atoms with Gasteiger partial charge < -0.3 is 15.0 Å². The Morgan fingerprint density at radius 1 is 1.24 bits per heavy atom. The average Bonchev–Trinajstić information content (AvgIpc) is 2.96. The van der Waals surface area contributed by atoms with Gasteiger partial charge in [-0.15, -0.1) is 0 Å². The lowest BCUT2D eigenvalue weighted by Crippen LogP contribution is -2.37. The molecular weight excluding hydrogens is 323 g/mol. The molecule has 1 heterocycles. The molecule has 0 saturated carbocycles. The van der Waals surface area contributed by atoms with Gasteiger partial charge in [0.25, 0.3) is 5.91 Å². The summed E-state index contributed by atoms with van der Waals surface area (Å²) in [4.78, 5) is 26.1. The van der Waals surface area contributed by atoms with E-state index in [0.29, 0.717) is 13.2 Å². The van der Waals surface area contributed by atoms with Crippen LogP contribution in [0, 0.1) is 5.82 Å². The number of hydrogen-bond donors (Lipinski definition) is 1. The molecule has 0 bridgehead atoms. The molecule has 1 fully saturated rings. The van der Waals surface area contributed by atoms with E-state index >= 15 is 0 Å². The smallest absolute Gasteiger partial charge is 0.254 e. The average molecular weight is 342 g/mol. The highest BCUT2D eigenvalue weighted by Gasteiger charge is 2.32. The summed E-state index contributed by atoms with van der Waals surface area (Å²) in [6.07, 6.45) is 0.188. The summed E-state index contributed by atoms with van der Waals surface area (Å²) in [6.45, 7) is 2.83. The molecule has 0 aromatic heterocycles. The van der Waals surface area contributed by atoms with Crippen molar-refractivity contribution in [3.63, 3.8) is 0 Å². The Morgan fingerprint density at radius 2 is 1.96 bits per heavy atom. The van der Waals surface area contributed by atoms with Crippen LogP contribution in [0.1, 0.15) is 23.7 Å². The number of halogens is 1. The van der Waals surface area contributed by atoms with Crippen molar-refractivity contribution in [2.45, 2.75) is 19.4 Å². The Hall–Kier alpha value is -2.89. The molecule has 1 aliphatic heterocycles. The van der Waals surface area contributed by atoms with Gasteiger partial charge >= 0.3 is 0 Å². The third-order valence-electron chi connectivity index (χ3n) is 4.04. The second-order valence-corrected chi connectivity index (χ2v) is 5.79. The van der Waals surface area contributed by atoms with Gasteiger partial charge in [-0.25, -0.2) is 4.39 Å². The summed E-state index contributed by atoms with van der Waals surface area (Å²) in [7, 11) is 0. The molecule has 1 N–H and O–H groups in total. The van der Waals surface area contributed by atoms with Crippen molar-refractivity contribution >= 4 is 17.5 Å². The lowest BCUT2D eigenvalue weighted by Gasteiger charge is -2.18. The molecular formula is C19H19FN2O3. The van der Waals surface area contributed by atoms with E-state index in [0.717, 1.165) is 11.4 Å². The van der Waals surface area contributed by atoms with E-state index in [2.05, 4.69) is 5.32 Å². The predicted octanol–water partition coefficient (Wildman–Crippen LogP) is 2.76. The standard InChI is InChI=1S/C19H19FN2O3/c1-2-25-15-9-7-14(8-10-15)22-12-13(11-18(22)23)21-19(24)16-5-3-4-6-17(16)20/h3-10,13H,2,11-12H2,1H3,(H,21,24). The first-order chi connectivity index (χ1) is 12.1. The van der Waals surface area contributed by atoms with Crippen LogP contribution in [0.2, 0.25) is 0 Å². The Balaban J connectivity index is 1.66. The van der Waals surface area contributed by atoms with Crippen molar-refractivity contribution in [3.05, 3.63) is 59.9 Å². The Bertz CT molecular complexity index is 776. The van der Waals surface area contributed by atoms with E-state index in [1.54, 1.807) is 23.1 Å². The number of rotatable bonds is 5. The van der Waals surface area contributed by atoms with Crippen LogP contribution < -0.4 is 15.0 Å². The molecule has 2 aromatic carbocycles. The fourth-order valence-electron chi connectivity index (χ4n) is 2.85. The topological polar surface area (TPSA) is 58.6 Å². The normalized spacial score (nSPS) is 16.8. The summed E-state index contributed by atoms with van der Waals surface area (Å²) in [5.41, 5.74) is 0.727. The van der Waals surface area contributed by atoms with Gasteiger partial charge in [0.05, 0.1) is 18.2 Å². The van der Waals surface area contributed by atoms with Gasteiger partial charge in [0.2, 0.25) is 5.91 Å². The maximum Gasteiger partial charge on any atom is 0.254 e. The van der Waals surface area contributed by atoms with Crippen LogP contribution in [0.5, 0.6) is 5.75 Å². The first-order valence-electron chi connectivity index (χ1n) is 8.17. The van der Waals surface area contributed by atoms with Crippen molar-refractivity contribution < 1.29 is 18.7 Å². The molecule has 0 spiro atoms. The minimum Gasteiger partial charge on any atom is -0.494 e. The molecule has 2 amide bonds. The number of nitrogens with one attached hydrogen (secondary N) is 1. The summed E-state index contributed by atoms with van der Waals surface area (Å²) in [5.74, 6) is -0.428. The molecule has 5 nitrogen and oxygen atoms in total. The van der Waals surface area contributed by atoms with E-state index in [9.17, 15) is 14.0 Å². The summed E-state index contributed by atoms with van der Waals surface area (Å²) >= 11 is 0. The zero-order valence-electron chi connectivity index (χ0n) is 13.9. The van der Waals surface area contributed by atoms with Crippen molar-refractivity contribution in [3.8, 4) is 5.75 Å². The quantitative estimate of drug-likeness (QED) is 0.909. The molecule has 25 heavy (non-hydrogen) atoms. The highest BCUT2D eigenvalue weighted by Crippen LogP contribution is 2.24. The molecule has 0 radical (unpaired) electrons. The van der Waals surface area contributed by atoms with E-state index in [4.69, 9.17) is 4.74 Å². The first kappa shape index (κ1) is 17.0. The van der Waals surface area contributed by atoms with E-state index < -0.39 is 11.7 Å². The Kier molecular flexibility index (Phi) is 4.97. The van der Waals surface area contributed by atoms with E-state index in [1.807, 2.05) is 19.1 Å². The molecule has 1 unspecified atom stereocenters. The van der Waals surface area contributed by atoms with Gasteiger partial charge in [0.1, 0.15) is 11.6 Å². The SMILES string of the molecule is CCOc1ccc(N2CC(NC(=O)c3ccccc3F)CC2=O)cc1. The number of ether oxygens (including phenoxy) is 1. The fourth-order valence-corrected chi connectivity index (χ4v) is 2.85. The zero-order valence-corrected chi connectivity index (χ0v) is 13.9. The molecule has 1 atom stereocenters. The summed E-state index contributed by atoms with van der Waals surface area (Å²) < 4.78 is 19.1. The van der Waals surface area contributed by atoms with Crippen LogP contribution in [0.25, 0.3) is 0 Å². The van der Waals surface area contributed by atoms with Gasteiger partial charge in [0, 0.05) is 18.7 Å². The monoisotopic (exact) mass is 342 g/mol. The number of anilines is 1. The molecule has 1 saturated heterocycles. The van der Waals surface area contributed by atoms with E-state index in [1.165, 1.54) is 18.2 Å². The first-order valence-corrected chi connectivity index (χ1v) is 8.17. The van der Waals surface area contributed by atoms with Crippen molar-refractivity contribution in [2.24, 2.45) is 0 Å². The third-order valence-corrected chi connectivity index (χ3v) is 4.04. The zero-order chi connectivity index (χ0) is 17.8. The van der Waals surface area contributed by atoms with Gasteiger partial charge in [-0.3, -0.25) is 9.59 Å². The van der Waals surface area contributed by atoms with Crippen LogP contribution in [0.4, 0.5) is 10.1 Å². The number of carbonyl (C=O) groups excluding carboxylic acids is 2. The van der Waals surface area contributed by atoms with Gasteiger partial charge in [-0.2, -0.15) is 0 Å². The predicted molar refractivity (Wildman–Crippen MR) is 92.2 cm³/mol. The second-order valence-electron chi connectivity index (χ2n) is 5.79. The number of benzene rings is 2.